The van der Waals surface area contributed by atoms with Gasteiger partial charge in [0.1, 0.15) is 17.0 Å². The first kappa shape index (κ1) is 21.1. The number of carbonyl (C=O) groups is 1. The minimum atomic E-state index is 0.0113. The normalized spacial score (nSPS) is 16.6. The summed E-state index contributed by atoms with van der Waals surface area (Å²) in [5, 5.41) is 1.47. The summed E-state index contributed by atoms with van der Waals surface area (Å²) in [6.45, 7) is 4.57. The molecule has 3 aromatic heterocycles. The molecule has 1 aliphatic rings. The number of carbonyl (C=O) groups excluding carboxylic acids is 1. The Morgan fingerprint density at radius 2 is 2.00 bits per heavy atom. The maximum absolute atomic E-state index is 13.7. The van der Waals surface area contributed by atoms with Gasteiger partial charge in [-0.1, -0.05) is 41.9 Å². The zero-order chi connectivity index (χ0) is 22.2. The lowest BCUT2D eigenvalue weighted by atomic mass is 9.97. The highest BCUT2D eigenvalue weighted by Gasteiger charge is 2.31. The molecule has 0 N–H and O–H groups in total. The first-order valence-corrected chi connectivity index (χ1v) is 12.0. The minimum absolute atomic E-state index is 0.0113. The molecule has 164 valence electrons. The number of imidazole rings is 1. The van der Waals surface area contributed by atoms with Gasteiger partial charge in [0.25, 0.3) is 5.91 Å². The largest absolute Gasteiger partial charge is 0.334 e. The van der Waals surface area contributed by atoms with Crippen LogP contribution in [0.2, 0.25) is 5.02 Å². The van der Waals surface area contributed by atoms with E-state index in [1.807, 2.05) is 59.7 Å². The molecule has 6 nitrogen and oxygen atoms in total. The van der Waals surface area contributed by atoms with E-state index in [1.165, 1.54) is 0 Å². The summed E-state index contributed by atoms with van der Waals surface area (Å²) in [5.74, 6) is 0.0113. The molecule has 0 unspecified atom stereocenters. The molecule has 4 heterocycles. The third kappa shape index (κ3) is 3.91. The number of amides is 1. The Hall–Kier alpha value is -2.77. The first-order chi connectivity index (χ1) is 15.5. The molecule has 8 heteroatoms. The second kappa shape index (κ2) is 8.64. The molecule has 1 aromatic carbocycles. The molecule has 5 rings (SSSR count). The fraction of sp³-hybridized carbons (Fsp3) is 0.333. The van der Waals surface area contributed by atoms with Crippen molar-refractivity contribution in [3.8, 4) is 10.4 Å². The van der Waals surface area contributed by atoms with Crippen LogP contribution in [0.4, 0.5) is 0 Å². The predicted molar refractivity (Wildman–Crippen MR) is 127 cm³/mol. The molecule has 1 fully saturated rings. The van der Waals surface area contributed by atoms with Gasteiger partial charge in [-0.25, -0.2) is 15.0 Å². The van der Waals surface area contributed by atoms with Gasteiger partial charge >= 0.3 is 0 Å². The lowest BCUT2D eigenvalue weighted by Crippen LogP contribution is -2.45. The molecule has 1 amide bonds. The van der Waals surface area contributed by atoms with Gasteiger partial charge in [0.05, 0.1) is 21.3 Å². The number of aromatic nitrogens is 4. The summed E-state index contributed by atoms with van der Waals surface area (Å²) in [4.78, 5) is 30.3. The van der Waals surface area contributed by atoms with Gasteiger partial charge in [-0.15, -0.1) is 11.3 Å². The molecule has 4 aromatic rings. The number of halogens is 1. The lowest BCUT2D eigenvalue weighted by molar-refractivity contribution is 0.0608. The fourth-order valence-electron chi connectivity index (χ4n) is 4.38. The molecule has 32 heavy (non-hydrogen) atoms. The third-order valence-corrected chi connectivity index (χ3v) is 7.44. The van der Waals surface area contributed by atoms with Crippen molar-refractivity contribution >= 4 is 34.5 Å². The Labute approximate surface area is 195 Å². The van der Waals surface area contributed by atoms with Crippen molar-refractivity contribution in [1.29, 1.82) is 0 Å². The highest BCUT2D eigenvalue weighted by atomic mass is 35.5. The van der Waals surface area contributed by atoms with Crippen molar-refractivity contribution in [1.82, 2.24) is 24.3 Å². The number of hydrogen-bond donors (Lipinski definition) is 0. The first-order valence-electron chi connectivity index (χ1n) is 10.8. The van der Waals surface area contributed by atoms with E-state index < -0.39 is 0 Å². The maximum atomic E-state index is 13.7. The van der Waals surface area contributed by atoms with Gasteiger partial charge in [-0.05, 0) is 38.7 Å². The van der Waals surface area contributed by atoms with Crippen LogP contribution in [0.25, 0.3) is 16.1 Å². The van der Waals surface area contributed by atoms with Crippen LogP contribution in [0, 0.1) is 13.8 Å². The van der Waals surface area contributed by atoms with Crippen molar-refractivity contribution < 1.29 is 4.79 Å². The van der Waals surface area contributed by atoms with Crippen molar-refractivity contribution in [2.45, 2.75) is 45.6 Å². The second-order valence-corrected chi connectivity index (χ2v) is 9.82. The topological polar surface area (TPSA) is 63.4 Å². The van der Waals surface area contributed by atoms with Gasteiger partial charge in [0, 0.05) is 25.2 Å². The monoisotopic (exact) mass is 465 g/mol. The van der Waals surface area contributed by atoms with E-state index >= 15 is 0 Å². The molecule has 1 aliphatic heterocycles. The average Bonchev–Trinajstić information content (AvgIpc) is 3.40. The third-order valence-electron chi connectivity index (χ3n) is 5.98. The van der Waals surface area contributed by atoms with Crippen molar-refractivity contribution in [3.63, 3.8) is 0 Å². The summed E-state index contributed by atoms with van der Waals surface area (Å²) >= 11 is 7.98. The van der Waals surface area contributed by atoms with E-state index in [-0.39, 0.29) is 11.9 Å². The number of piperidine rings is 1. The van der Waals surface area contributed by atoms with E-state index in [4.69, 9.17) is 16.6 Å². The van der Waals surface area contributed by atoms with E-state index in [1.54, 1.807) is 17.7 Å². The van der Waals surface area contributed by atoms with Crippen LogP contribution in [0.15, 0.2) is 42.9 Å². The summed E-state index contributed by atoms with van der Waals surface area (Å²) < 4.78 is 1.86. The van der Waals surface area contributed by atoms with Crippen LogP contribution >= 0.6 is 22.9 Å². The highest BCUT2D eigenvalue weighted by molar-refractivity contribution is 7.15. The molecule has 0 spiro atoms. The number of hydrogen-bond acceptors (Lipinski definition) is 5. The predicted octanol–water partition coefficient (Wildman–Crippen LogP) is 5.36. The zero-order valence-electron chi connectivity index (χ0n) is 18.1. The Balaban J connectivity index is 1.44. The number of benzene rings is 1. The average molecular weight is 466 g/mol. The summed E-state index contributed by atoms with van der Waals surface area (Å²) in [7, 11) is 0. The number of fused-ring (bicyclic) bond motifs is 1. The number of likely N-dealkylation sites (tertiary alicyclic amines) is 1. The molecule has 0 bridgehead atoms. The van der Waals surface area contributed by atoms with Gasteiger partial charge in [0.15, 0.2) is 5.65 Å². The zero-order valence-corrected chi connectivity index (χ0v) is 19.7. The molecule has 1 saturated heterocycles. The van der Waals surface area contributed by atoms with Crippen LogP contribution in [0.1, 0.15) is 46.1 Å². The number of nitrogens with zero attached hydrogens (tertiary/aromatic N) is 5. The smallest absolute Gasteiger partial charge is 0.274 e. The summed E-state index contributed by atoms with van der Waals surface area (Å²) in [6, 6.07) is 10.1. The Kier molecular flexibility index (Phi) is 5.69. The molecule has 0 radical (unpaired) electrons. The highest BCUT2D eigenvalue weighted by Crippen LogP contribution is 2.32. The van der Waals surface area contributed by atoms with Crippen LogP contribution in [-0.4, -0.2) is 42.7 Å². The molecule has 0 saturated carbocycles. The molecule has 0 aliphatic carbocycles. The Bertz CT molecular complexity index is 1280. The number of thiazole rings is 1. The summed E-state index contributed by atoms with van der Waals surface area (Å²) in [6.07, 6.45) is 7.45. The second-order valence-electron chi connectivity index (χ2n) is 8.24. The Morgan fingerprint density at radius 3 is 2.81 bits per heavy atom. The van der Waals surface area contributed by atoms with Crippen molar-refractivity contribution in [3.05, 3.63) is 70.0 Å². The number of rotatable bonds is 4. The lowest BCUT2D eigenvalue weighted by Gasteiger charge is -2.35. The quantitative estimate of drug-likeness (QED) is 0.407. The Morgan fingerprint density at radius 1 is 1.19 bits per heavy atom. The van der Waals surface area contributed by atoms with Crippen molar-refractivity contribution in [2.75, 3.05) is 6.54 Å². The van der Waals surface area contributed by atoms with Crippen molar-refractivity contribution in [2.24, 2.45) is 0 Å². The fourth-order valence-corrected chi connectivity index (χ4v) is 5.48. The van der Waals surface area contributed by atoms with Crippen LogP contribution in [-0.2, 0) is 6.42 Å². The van der Waals surface area contributed by atoms with Crippen LogP contribution in [0.5, 0.6) is 0 Å². The van der Waals surface area contributed by atoms with E-state index in [2.05, 4.69) is 9.97 Å². The van der Waals surface area contributed by atoms with Gasteiger partial charge in [0.2, 0.25) is 0 Å². The molecule has 1 atom stereocenters. The van der Waals surface area contributed by atoms with E-state index in [0.717, 1.165) is 52.6 Å². The number of aryl methyl sites for hydroxylation is 2. The SMILES string of the molecule is Cc1nc(C(=O)N2CCCC[C@H]2Cc2cn3cnc(C)c(Cl)c3n2)c(-c2ccccc2)s1. The molecular formula is C24H24ClN5OS. The van der Waals surface area contributed by atoms with E-state index in [9.17, 15) is 4.79 Å². The summed E-state index contributed by atoms with van der Waals surface area (Å²) in [5.41, 5.74) is 3.99. The minimum Gasteiger partial charge on any atom is -0.334 e. The standard InChI is InChI=1S/C24H24ClN5OS/c1-15-20(25)23-28-18(13-29(23)14-26-15)12-19-10-6-7-11-30(19)24(31)21-22(32-16(2)27-21)17-8-4-3-5-9-17/h3-5,8-9,13-14,19H,6-7,10-12H2,1-2H3/t19-/m0/s1. The van der Waals surface area contributed by atoms with Crippen LogP contribution < -0.4 is 0 Å². The van der Waals surface area contributed by atoms with Gasteiger partial charge in [-0.2, -0.15) is 0 Å². The maximum Gasteiger partial charge on any atom is 0.274 e. The van der Waals surface area contributed by atoms with Crippen LogP contribution in [0.3, 0.4) is 0 Å². The van der Waals surface area contributed by atoms with Gasteiger partial charge in [-0.3, -0.25) is 9.20 Å². The van der Waals surface area contributed by atoms with Gasteiger partial charge < -0.3 is 4.90 Å². The van der Waals surface area contributed by atoms with E-state index in [0.29, 0.717) is 22.8 Å². The molecular weight excluding hydrogens is 442 g/mol.